The molecule has 1 unspecified atom stereocenters. The van der Waals surface area contributed by atoms with Crippen LogP contribution in [0.15, 0.2) is 59.6 Å². The number of guanidine groups is 1. The predicted molar refractivity (Wildman–Crippen MR) is 129 cm³/mol. The van der Waals surface area contributed by atoms with Crippen LogP contribution in [0.2, 0.25) is 5.02 Å². The maximum atomic E-state index is 12.1. The molecule has 0 saturated carbocycles. The highest BCUT2D eigenvalue weighted by atomic mass is 127. The lowest BCUT2D eigenvalue weighted by atomic mass is 9.96. The predicted octanol–water partition coefficient (Wildman–Crippen LogP) is 3.15. The van der Waals surface area contributed by atoms with Gasteiger partial charge in [-0.3, -0.25) is 4.79 Å². The van der Waals surface area contributed by atoms with Crippen molar-refractivity contribution >= 4 is 47.4 Å². The van der Waals surface area contributed by atoms with Crippen LogP contribution in [0.3, 0.4) is 0 Å². The number of hydrogen-bond acceptors (Lipinski definition) is 3. The van der Waals surface area contributed by atoms with Crippen molar-refractivity contribution < 1.29 is 9.90 Å². The van der Waals surface area contributed by atoms with Crippen molar-refractivity contribution in [3.63, 3.8) is 0 Å². The normalized spacial score (nSPS) is 13.0. The first-order valence-corrected chi connectivity index (χ1v) is 9.64. The van der Waals surface area contributed by atoms with E-state index in [9.17, 15) is 9.90 Å². The molecule has 6 nitrogen and oxygen atoms in total. The highest BCUT2D eigenvalue weighted by Crippen LogP contribution is 2.20. The smallest absolute Gasteiger partial charge is 0.251 e. The molecule has 0 aromatic heterocycles. The average molecular weight is 531 g/mol. The van der Waals surface area contributed by atoms with Crippen molar-refractivity contribution in [2.45, 2.75) is 19.4 Å². The quantitative estimate of drug-likeness (QED) is 0.183. The largest absolute Gasteiger partial charge is 0.384 e. The fraction of sp³-hybridized carbons (Fsp3) is 0.333. The molecule has 29 heavy (non-hydrogen) atoms. The van der Waals surface area contributed by atoms with Crippen LogP contribution in [0, 0.1) is 0 Å². The molecule has 0 aliphatic carbocycles. The standard InChI is InChI=1S/C21H27ClN4O2.HI/c1-3-23-20(26-15-21(2,28)17-7-5-4-6-8-17)25-14-13-24-19(27)16-9-11-18(22)12-10-16;/h4-12,28H,3,13-15H2,1-2H3,(H,24,27)(H2,23,25,26);1H. The molecule has 2 aromatic carbocycles. The van der Waals surface area contributed by atoms with Crippen molar-refractivity contribution in [3.8, 4) is 0 Å². The van der Waals surface area contributed by atoms with E-state index in [2.05, 4.69) is 20.9 Å². The van der Waals surface area contributed by atoms with Crippen molar-refractivity contribution in [3.05, 3.63) is 70.7 Å². The molecule has 0 spiro atoms. The van der Waals surface area contributed by atoms with Crippen LogP contribution in [0.5, 0.6) is 0 Å². The van der Waals surface area contributed by atoms with Gasteiger partial charge >= 0.3 is 0 Å². The van der Waals surface area contributed by atoms with Gasteiger partial charge in [-0.1, -0.05) is 41.9 Å². The zero-order chi connectivity index (χ0) is 20.4. The second-order valence-electron chi connectivity index (χ2n) is 6.52. The van der Waals surface area contributed by atoms with Gasteiger partial charge < -0.3 is 21.1 Å². The van der Waals surface area contributed by atoms with E-state index in [0.717, 1.165) is 5.56 Å². The second-order valence-corrected chi connectivity index (χ2v) is 6.96. The van der Waals surface area contributed by atoms with Crippen LogP contribution >= 0.6 is 35.6 Å². The Hall–Kier alpha value is -1.84. The molecule has 158 valence electrons. The minimum absolute atomic E-state index is 0. The molecule has 2 rings (SSSR count). The van der Waals surface area contributed by atoms with E-state index in [0.29, 0.717) is 36.2 Å². The minimum Gasteiger partial charge on any atom is -0.384 e. The topological polar surface area (TPSA) is 85.8 Å². The van der Waals surface area contributed by atoms with Gasteiger partial charge in [0.05, 0.1) is 6.54 Å². The third-order valence-electron chi connectivity index (χ3n) is 4.09. The van der Waals surface area contributed by atoms with Crippen molar-refractivity contribution in [2.75, 3.05) is 26.2 Å². The Morgan fingerprint density at radius 1 is 1.03 bits per heavy atom. The molecule has 8 heteroatoms. The summed E-state index contributed by atoms with van der Waals surface area (Å²) in [6.07, 6.45) is 0. The van der Waals surface area contributed by atoms with E-state index in [-0.39, 0.29) is 36.4 Å². The summed E-state index contributed by atoms with van der Waals surface area (Å²) in [4.78, 5) is 16.5. The number of benzene rings is 2. The molecule has 1 atom stereocenters. The van der Waals surface area contributed by atoms with Crippen LogP contribution in [0.4, 0.5) is 0 Å². The van der Waals surface area contributed by atoms with Gasteiger partial charge in [-0.2, -0.15) is 0 Å². The zero-order valence-corrected chi connectivity index (χ0v) is 19.7. The molecule has 0 radical (unpaired) electrons. The van der Waals surface area contributed by atoms with Crippen LogP contribution in [-0.4, -0.2) is 43.2 Å². The lowest BCUT2D eigenvalue weighted by Crippen LogP contribution is -2.42. The molecule has 4 N–H and O–H groups in total. The van der Waals surface area contributed by atoms with Gasteiger partial charge in [0.1, 0.15) is 5.60 Å². The van der Waals surface area contributed by atoms with Crippen LogP contribution in [0.25, 0.3) is 0 Å². The summed E-state index contributed by atoms with van der Waals surface area (Å²) >= 11 is 5.83. The highest BCUT2D eigenvalue weighted by molar-refractivity contribution is 14.0. The summed E-state index contributed by atoms with van der Waals surface area (Å²) < 4.78 is 0. The lowest BCUT2D eigenvalue weighted by molar-refractivity contribution is 0.0672. The fourth-order valence-corrected chi connectivity index (χ4v) is 2.65. The van der Waals surface area contributed by atoms with Crippen molar-refractivity contribution in [2.24, 2.45) is 4.99 Å². The van der Waals surface area contributed by atoms with Crippen molar-refractivity contribution in [1.82, 2.24) is 16.0 Å². The summed E-state index contributed by atoms with van der Waals surface area (Å²) in [6.45, 7) is 5.54. The summed E-state index contributed by atoms with van der Waals surface area (Å²) in [5.74, 6) is 0.423. The number of carbonyl (C=O) groups is 1. The Labute approximate surface area is 194 Å². The van der Waals surface area contributed by atoms with E-state index >= 15 is 0 Å². The molecule has 0 aliphatic heterocycles. The van der Waals surface area contributed by atoms with E-state index in [4.69, 9.17) is 11.6 Å². The first-order valence-electron chi connectivity index (χ1n) is 9.26. The van der Waals surface area contributed by atoms with E-state index < -0.39 is 5.60 Å². The number of nitrogens with one attached hydrogen (secondary N) is 3. The first kappa shape index (κ1) is 25.2. The summed E-state index contributed by atoms with van der Waals surface area (Å²) in [7, 11) is 0. The zero-order valence-electron chi connectivity index (χ0n) is 16.6. The number of nitrogens with zero attached hydrogens (tertiary/aromatic N) is 1. The number of amides is 1. The van der Waals surface area contributed by atoms with Gasteiger partial charge in [0, 0.05) is 30.2 Å². The third kappa shape index (κ3) is 8.59. The number of aliphatic hydroxyl groups is 1. The highest BCUT2D eigenvalue weighted by Gasteiger charge is 2.22. The Bertz CT molecular complexity index is 783. The molecule has 2 aromatic rings. The lowest BCUT2D eigenvalue weighted by Gasteiger charge is -2.22. The molecule has 0 bridgehead atoms. The summed E-state index contributed by atoms with van der Waals surface area (Å²) in [5.41, 5.74) is 0.306. The first-order chi connectivity index (χ1) is 13.4. The maximum Gasteiger partial charge on any atom is 0.251 e. The van der Waals surface area contributed by atoms with Gasteiger partial charge in [-0.25, -0.2) is 4.99 Å². The van der Waals surface area contributed by atoms with Crippen LogP contribution in [0.1, 0.15) is 29.8 Å². The van der Waals surface area contributed by atoms with Crippen molar-refractivity contribution in [1.29, 1.82) is 0 Å². The number of aliphatic imine (C=N–C) groups is 1. The summed E-state index contributed by atoms with van der Waals surface area (Å²) in [6, 6.07) is 16.2. The fourth-order valence-electron chi connectivity index (χ4n) is 2.52. The molecule has 0 fully saturated rings. The summed E-state index contributed by atoms with van der Waals surface area (Å²) in [5, 5.41) is 20.4. The molecular weight excluding hydrogens is 503 g/mol. The second kappa shape index (κ2) is 12.7. The van der Waals surface area contributed by atoms with Gasteiger partial charge in [-0.05, 0) is 43.7 Å². The molecular formula is C21H28ClIN4O2. The number of carbonyl (C=O) groups excluding carboxylic acids is 1. The average Bonchev–Trinajstić information content (AvgIpc) is 2.70. The molecule has 0 saturated heterocycles. The van der Waals surface area contributed by atoms with Gasteiger partial charge in [0.15, 0.2) is 5.96 Å². The van der Waals surface area contributed by atoms with E-state index in [1.165, 1.54) is 0 Å². The number of rotatable bonds is 8. The monoisotopic (exact) mass is 530 g/mol. The Morgan fingerprint density at radius 2 is 1.66 bits per heavy atom. The van der Waals surface area contributed by atoms with Gasteiger partial charge in [0.25, 0.3) is 5.91 Å². The van der Waals surface area contributed by atoms with Crippen LogP contribution in [-0.2, 0) is 5.60 Å². The third-order valence-corrected chi connectivity index (χ3v) is 4.35. The Kier molecular flexibility index (Phi) is 11.0. The molecule has 0 heterocycles. The van der Waals surface area contributed by atoms with E-state index in [1.54, 1.807) is 31.2 Å². The molecule has 0 aliphatic rings. The SMILES string of the molecule is CCNC(=NCC(C)(O)c1ccccc1)NCCNC(=O)c1ccc(Cl)cc1.I. The number of halogens is 2. The Balaban J connectivity index is 0.00000420. The number of hydrogen-bond donors (Lipinski definition) is 4. The van der Waals surface area contributed by atoms with Crippen LogP contribution < -0.4 is 16.0 Å². The van der Waals surface area contributed by atoms with E-state index in [1.807, 2.05) is 37.3 Å². The molecule has 1 amide bonds. The minimum atomic E-state index is -1.06. The van der Waals surface area contributed by atoms with Gasteiger partial charge in [-0.15, -0.1) is 24.0 Å². The Morgan fingerprint density at radius 3 is 2.28 bits per heavy atom. The maximum absolute atomic E-state index is 12.1. The van der Waals surface area contributed by atoms with Gasteiger partial charge in [0.2, 0.25) is 0 Å².